The van der Waals surface area contributed by atoms with Gasteiger partial charge in [0.15, 0.2) is 0 Å². The van der Waals surface area contributed by atoms with Gasteiger partial charge in [0.05, 0.1) is 6.61 Å². The van der Waals surface area contributed by atoms with Gasteiger partial charge in [-0.25, -0.2) is 0 Å². The van der Waals surface area contributed by atoms with Crippen LogP contribution in [0.3, 0.4) is 0 Å². The summed E-state index contributed by atoms with van der Waals surface area (Å²) in [6.07, 6.45) is 2.04. The highest BCUT2D eigenvalue weighted by Crippen LogP contribution is 2.12. The number of aliphatic hydroxyl groups excluding tert-OH is 1. The fraction of sp³-hybridized carbons (Fsp3) is 0.667. The van der Waals surface area contributed by atoms with Crippen molar-refractivity contribution in [1.82, 2.24) is 15.0 Å². The van der Waals surface area contributed by atoms with Crippen molar-refractivity contribution in [3.05, 3.63) is 5.28 Å². The number of aromatic nitrogens is 3. The molecule has 0 amide bonds. The summed E-state index contributed by atoms with van der Waals surface area (Å²) >= 11 is 5.70. The van der Waals surface area contributed by atoms with Crippen LogP contribution in [0.4, 0.5) is 11.9 Å². The first-order valence-electron chi connectivity index (χ1n) is 5.20. The lowest BCUT2D eigenvalue weighted by molar-refractivity contribution is 0.301. The van der Waals surface area contributed by atoms with E-state index in [4.69, 9.17) is 22.4 Å². The maximum atomic E-state index is 8.96. The Morgan fingerprint density at radius 3 is 2.62 bits per heavy atom. The minimum Gasteiger partial charge on any atom is -0.395 e. The Labute approximate surface area is 99.5 Å². The highest BCUT2D eigenvalue weighted by atomic mass is 35.5. The summed E-state index contributed by atoms with van der Waals surface area (Å²) in [5.41, 5.74) is 5.49. The first kappa shape index (κ1) is 12.9. The van der Waals surface area contributed by atoms with Crippen LogP contribution in [-0.4, -0.2) is 39.8 Å². The number of hydrogen-bond acceptors (Lipinski definition) is 6. The van der Waals surface area contributed by atoms with E-state index in [0.717, 1.165) is 19.4 Å². The van der Waals surface area contributed by atoms with Crippen molar-refractivity contribution in [3.63, 3.8) is 0 Å². The van der Waals surface area contributed by atoms with Crippen LogP contribution in [0.5, 0.6) is 0 Å². The summed E-state index contributed by atoms with van der Waals surface area (Å²) in [7, 11) is 0. The molecule has 1 aromatic rings. The number of unbranched alkanes of at least 4 members (excludes halogenated alkanes) is 1. The number of hydrogen-bond donors (Lipinski definition) is 2. The van der Waals surface area contributed by atoms with E-state index in [0.29, 0.717) is 12.5 Å². The molecule has 16 heavy (non-hydrogen) atoms. The number of rotatable bonds is 6. The van der Waals surface area contributed by atoms with Gasteiger partial charge < -0.3 is 15.7 Å². The number of nitrogens with zero attached hydrogens (tertiary/aromatic N) is 4. The first-order chi connectivity index (χ1) is 7.67. The van der Waals surface area contributed by atoms with Crippen LogP contribution >= 0.6 is 11.6 Å². The Kier molecular flexibility index (Phi) is 5.21. The second kappa shape index (κ2) is 6.44. The molecule has 1 heterocycles. The molecule has 0 aromatic carbocycles. The first-order valence-corrected chi connectivity index (χ1v) is 5.58. The van der Waals surface area contributed by atoms with Gasteiger partial charge in [-0.2, -0.15) is 15.0 Å². The summed E-state index contributed by atoms with van der Waals surface area (Å²) in [6.45, 7) is 3.34. The van der Waals surface area contributed by atoms with Crippen LogP contribution in [-0.2, 0) is 0 Å². The Hall–Kier alpha value is -1.14. The van der Waals surface area contributed by atoms with Gasteiger partial charge in [-0.15, -0.1) is 0 Å². The van der Waals surface area contributed by atoms with Crippen molar-refractivity contribution in [2.24, 2.45) is 0 Å². The van der Waals surface area contributed by atoms with Gasteiger partial charge in [0.2, 0.25) is 17.2 Å². The highest BCUT2D eigenvalue weighted by molar-refractivity contribution is 6.28. The molecule has 0 spiro atoms. The summed E-state index contributed by atoms with van der Waals surface area (Å²) in [4.78, 5) is 13.5. The van der Waals surface area contributed by atoms with Crippen LogP contribution < -0.4 is 10.6 Å². The van der Waals surface area contributed by atoms with Crippen molar-refractivity contribution < 1.29 is 5.11 Å². The molecule has 7 heteroatoms. The molecule has 0 aliphatic heterocycles. The smallest absolute Gasteiger partial charge is 0.231 e. The standard InChI is InChI=1S/C9H16ClN5O/c1-2-3-4-15(5-6-16)9-13-7(10)12-8(11)14-9/h16H,2-6H2,1H3,(H2,11,12,13,14). The molecule has 0 unspecified atom stereocenters. The molecule has 1 rings (SSSR count). The van der Waals surface area contributed by atoms with E-state index in [2.05, 4.69) is 21.9 Å². The fourth-order valence-corrected chi connectivity index (χ4v) is 1.44. The molecular weight excluding hydrogens is 230 g/mol. The van der Waals surface area contributed by atoms with Gasteiger partial charge in [0.1, 0.15) is 0 Å². The largest absolute Gasteiger partial charge is 0.395 e. The van der Waals surface area contributed by atoms with Crippen LogP contribution in [0, 0.1) is 0 Å². The molecule has 0 atom stereocenters. The summed E-state index contributed by atoms with van der Waals surface area (Å²) in [5.74, 6) is 0.509. The third-order valence-electron chi connectivity index (χ3n) is 2.05. The van der Waals surface area contributed by atoms with Gasteiger partial charge in [0, 0.05) is 13.1 Å². The minimum atomic E-state index is 0.0346. The van der Waals surface area contributed by atoms with Crippen LogP contribution in [0.2, 0.25) is 5.28 Å². The highest BCUT2D eigenvalue weighted by Gasteiger charge is 2.10. The number of nitrogens with two attached hydrogens (primary N) is 1. The number of anilines is 2. The Morgan fingerprint density at radius 2 is 2.06 bits per heavy atom. The molecule has 1 aromatic heterocycles. The predicted molar refractivity (Wildman–Crippen MR) is 63.5 cm³/mol. The molecule has 0 saturated heterocycles. The average Bonchev–Trinajstić information content (AvgIpc) is 2.22. The van der Waals surface area contributed by atoms with E-state index < -0.39 is 0 Å². The zero-order chi connectivity index (χ0) is 12.0. The molecule has 0 aliphatic rings. The van der Waals surface area contributed by atoms with Gasteiger partial charge in [-0.3, -0.25) is 0 Å². The molecule has 0 saturated carbocycles. The van der Waals surface area contributed by atoms with E-state index in [1.807, 2.05) is 4.90 Å². The monoisotopic (exact) mass is 245 g/mol. The fourth-order valence-electron chi connectivity index (χ4n) is 1.28. The topological polar surface area (TPSA) is 88.2 Å². The zero-order valence-corrected chi connectivity index (χ0v) is 9.98. The van der Waals surface area contributed by atoms with Crippen molar-refractivity contribution in [1.29, 1.82) is 0 Å². The third kappa shape index (κ3) is 3.79. The average molecular weight is 246 g/mol. The SMILES string of the molecule is CCCCN(CCO)c1nc(N)nc(Cl)n1. The molecule has 6 nitrogen and oxygen atoms in total. The van der Waals surface area contributed by atoms with Crippen LogP contribution in [0.15, 0.2) is 0 Å². The third-order valence-corrected chi connectivity index (χ3v) is 2.22. The lowest BCUT2D eigenvalue weighted by Gasteiger charge is -2.21. The van der Waals surface area contributed by atoms with Crippen molar-refractivity contribution in [2.75, 3.05) is 30.3 Å². The number of nitrogen functional groups attached to an aromatic ring is 1. The van der Waals surface area contributed by atoms with E-state index in [9.17, 15) is 0 Å². The Morgan fingerprint density at radius 1 is 1.31 bits per heavy atom. The van der Waals surface area contributed by atoms with E-state index in [1.165, 1.54) is 0 Å². The minimum absolute atomic E-state index is 0.0346. The molecule has 0 aliphatic carbocycles. The van der Waals surface area contributed by atoms with Gasteiger partial charge in [0.25, 0.3) is 0 Å². The van der Waals surface area contributed by atoms with Crippen LogP contribution in [0.1, 0.15) is 19.8 Å². The second-order valence-corrected chi connectivity index (χ2v) is 3.66. The summed E-state index contributed by atoms with van der Waals surface area (Å²) in [6, 6.07) is 0. The van der Waals surface area contributed by atoms with Crippen molar-refractivity contribution >= 4 is 23.5 Å². The molecule has 3 N–H and O–H groups in total. The molecule has 0 bridgehead atoms. The Bertz CT molecular complexity index is 315. The number of aliphatic hydroxyl groups is 1. The molecule has 90 valence electrons. The van der Waals surface area contributed by atoms with E-state index >= 15 is 0 Å². The summed E-state index contributed by atoms with van der Waals surface area (Å²) in [5, 5.41) is 9.03. The maximum Gasteiger partial charge on any atom is 0.231 e. The number of halogens is 1. The molecule has 0 radical (unpaired) electrons. The summed E-state index contributed by atoms with van der Waals surface area (Å²) < 4.78 is 0. The van der Waals surface area contributed by atoms with Crippen molar-refractivity contribution in [3.8, 4) is 0 Å². The quantitative estimate of drug-likeness (QED) is 0.767. The van der Waals surface area contributed by atoms with Crippen LogP contribution in [0.25, 0.3) is 0 Å². The Balaban J connectivity index is 2.82. The lowest BCUT2D eigenvalue weighted by Crippen LogP contribution is -2.30. The molecular formula is C9H16ClN5O. The zero-order valence-electron chi connectivity index (χ0n) is 9.23. The van der Waals surface area contributed by atoms with Gasteiger partial charge in [-0.05, 0) is 18.0 Å². The van der Waals surface area contributed by atoms with E-state index in [-0.39, 0.29) is 17.8 Å². The van der Waals surface area contributed by atoms with Gasteiger partial charge >= 0.3 is 0 Å². The molecule has 0 fully saturated rings. The lowest BCUT2D eigenvalue weighted by atomic mass is 10.3. The second-order valence-electron chi connectivity index (χ2n) is 3.33. The van der Waals surface area contributed by atoms with Gasteiger partial charge in [-0.1, -0.05) is 13.3 Å². The van der Waals surface area contributed by atoms with Crippen molar-refractivity contribution in [2.45, 2.75) is 19.8 Å². The predicted octanol–water partition coefficient (Wildman–Crippen LogP) is 0.706. The maximum absolute atomic E-state index is 8.96. The van der Waals surface area contributed by atoms with E-state index in [1.54, 1.807) is 0 Å². The normalized spacial score (nSPS) is 10.4.